The minimum absolute atomic E-state index is 0.281. The van der Waals surface area contributed by atoms with Crippen molar-refractivity contribution in [3.63, 3.8) is 0 Å². The zero-order valence-electron chi connectivity index (χ0n) is 8.17. The van der Waals surface area contributed by atoms with E-state index in [4.69, 9.17) is 4.74 Å². The molecule has 1 aliphatic carbocycles. The fourth-order valence-electron chi connectivity index (χ4n) is 1.09. The Hall–Kier alpha value is -1.67. The average molecular weight is 188 g/mol. The zero-order valence-corrected chi connectivity index (χ0v) is 8.17. The van der Waals surface area contributed by atoms with Crippen LogP contribution in [-0.2, 0) is 9.53 Å². The van der Waals surface area contributed by atoms with Gasteiger partial charge in [-0.15, -0.1) is 0 Å². The Morgan fingerprint density at radius 3 is 3.00 bits per heavy atom. The molecule has 14 heavy (non-hydrogen) atoms. The van der Waals surface area contributed by atoms with E-state index in [2.05, 4.69) is 23.7 Å². The van der Waals surface area contributed by atoms with Crippen molar-refractivity contribution < 1.29 is 9.53 Å². The molecule has 0 amide bonds. The Kier molecular flexibility index (Phi) is 4.38. The number of ether oxygens (including phenoxy) is 1. The van der Waals surface area contributed by atoms with E-state index in [-0.39, 0.29) is 12.1 Å². The van der Waals surface area contributed by atoms with Crippen molar-refractivity contribution in [2.75, 3.05) is 0 Å². The van der Waals surface area contributed by atoms with E-state index in [1.807, 2.05) is 0 Å². The molecule has 0 aromatic carbocycles. The van der Waals surface area contributed by atoms with Gasteiger partial charge < -0.3 is 4.74 Å². The summed E-state index contributed by atoms with van der Waals surface area (Å²) >= 11 is 0. The first-order valence-corrected chi connectivity index (χ1v) is 4.61. The molecule has 1 atom stereocenters. The van der Waals surface area contributed by atoms with Gasteiger partial charge in [0.15, 0.2) is 6.10 Å². The van der Waals surface area contributed by atoms with E-state index in [0.717, 1.165) is 19.3 Å². The summed E-state index contributed by atoms with van der Waals surface area (Å²) in [4.78, 5) is 10.7. The van der Waals surface area contributed by atoms with E-state index in [1.165, 1.54) is 6.92 Å². The van der Waals surface area contributed by atoms with Gasteiger partial charge in [0.1, 0.15) is 0 Å². The number of hydrogen-bond donors (Lipinski definition) is 0. The molecule has 0 heterocycles. The maximum absolute atomic E-state index is 10.7. The minimum atomic E-state index is -0.281. The van der Waals surface area contributed by atoms with Crippen LogP contribution in [0.15, 0.2) is 12.2 Å². The number of allylic oxidation sites excluding steroid dienone is 2. The Morgan fingerprint density at radius 1 is 1.43 bits per heavy atom. The Labute approximate surface area is 84.3 Å². The van der Waals surface area contributed by atoms with Crippen LogP contribution in [0.3, 0.4) is 0 Å². The Bertz CT molecular complexity index is 344. The molecule has 0 N–H and O–H groups in total. The van der Waals surface area contributed by atoms with E-state index >= 15 is 0 Å². The lowest BCUT2D eigenvalue weighted by molar-refractivity contribution is -0.143. The van der Waals surface area contributed by atoms with Gasteiger partial charge in [0.2, 0.25) is 0 Å². The molecule has 1 aliphatic rings. The summed E-state index contributed by atoms with van der Waals surface area (Å²) in [6.07, 6.45) is 5.60. The molecule has 0 aliphatic heterocycles. The van der Waals surface area contributed by atoms with Crippen LogP contribution >= 0.6 is 0 Å². The third kappa shape index (κ3) is 4.38. The van der Waals surface area contributed by atoms with Gasteiger partial charge in [0.05, 0.1) is 0 Å². The summed E-state index contributed by atoms with van der Waals surface area (Å²) < 4.78 is 5.03. The highest BCUT2D eigenvalue weighted by atomic mass is 16.5. The van der Waals surface area contributed by atoms with Crippen molar-refractivity contribution in [3.8, 4) is 23.7 Å². The molecule has 0 bridgehead atoms. The fraction of sp³-hybridized carbons (Fsp3) is 0.417. The molecule has 0 saturated heterocycles. The Morgan fingerprint density at radius 2 is 2.21 bits per heavy atom. The summed E-state index contributed by atoms with van der Waals surface area (Å²) in [6, 6.07) is 0. The molecule has 1 rings (SSSR count). The number of rotatable bonds is 1. The first kappa shape index (κ1) is 10.4. The minimum Gasteiger partial charge on any atom is -0.449 e. The third-order valence-corrected chi connectivity index (χ3v) is 1.67. The molecule has 0 radical (unpaired) electrons. The maximum Gasteiger partial charge on any atom is 0.303 e. The van der Waals surface area contributed by atoms with Gasteiger partial charge in [-0.1, -0.05) is 23.7 Å². The smallest absolute Gasteiger partial charge is 0.303 e. The van der Waals surface area contributed by atoms with E-state index < -0.39 is 0 Å². The quantitative estimate of drug-likeness (QED) is 0.462. The number of carbonyl (C=O) groups is 1. The van der Waals surface area contributed by atoms with E-state index in [0.29, 0.717) is 0 Å². The monoisotopic (exact) mass is 188 g/mol. The summed E-state index contributed by atoms with van der Waals surface area (Å²) in [5, 5.41) is 0. The molecule has 0 saturated carbocycles. The maximum atomic E-state index is 10.7. The Balaban J connectivity index is 2.60. The highest BCUT2D eigenvalue weighted by Gasteiger charge is 2.07. The van der Waals surface area contributed by atoms with Crippen LogP contribution in [0, 0.1) is 23.7 Å². The van der Waals surface area contributed by atoms with Crippen LogP contribution in [0.25, 0.3) is 0 Å². The average Bonchev–Trinajstić information content (AvgIpc) is 2.15. The summed E-state index contributed by atoms with van der Waals surface area (Å²) in [7, 11) is 0. The first-order valence-electron chi connectivity index (χ1n) is 4.61. The van der Waals surface area contributed by atoms with Gasteiger partial charge in [-0.3, -0.25) is 4.79 Å². The van der Waals surface area contributed by atoms with Gasteiger partial charge in [-0.2, -0.15) is 0 Å². The molecule has 2 nitrogen and oxygen atoms in total. The molecule has 0 spiro atoms. The van der Waals surface area contributed by atoms with Gasteiger partial charge in [-0.25, -0.2) is 0 Å². The van der Waals surface area contributed by atoms with Crippen molar-refractivity contribution in [1.29, 1.82) is 0 Å². The second kappa shape index (κ2) is 5.89. The first-order chi connectivity index (χ1) is 6.79. The van der Waals surface area contributed by atoms with E-state index in [1.54, 1.807) is 12.2 Å². The second-order valence-electron chi connectivity index (χ2n) is 2.93. The van der Waals surface area contributed by atoms with Crippen molar-refractivity contribution >= 4 is 5.97 Å². The SMILES string of the molecule is CC(=O)OC1C#C/C=C\C#CCCC1. The highest BCUT2D eigenvalue weighted by Crippen LogP contribution is 2.04. The van der Waals surface area contributed by atoms with Crippen LogP contribution in [0.1, 0.15) is 26.2 Å². The molecule has 2 heteroatoms. The molecule has 0 aromatic heterocycles. The van der Waals surface area contributed by atoms with Crippen molar-refractivity contribution in [2.24, 2.45) is 0 Å². The van der Waals surface area contributed by atoms with Crippen molar-refractivity contribution in [3.05, 3.63) is 12.2 Å². The molecule has 72 valence electrons. The largest absolute Gasteiger partial charge is 0.449 e. The fourth-order valence-corrected chi connectivity index (χ4v) is 1.09. The van der Waals surface area contributed by atoms with Crippen LogP contribution < -0.4 is 0 Å². The standard InChI is InChI=1S/C12H12O2/c1-11(13)14-12-9-7-5-3-2-4-6-8-10-12/h3,5,12H,6,8,10H2,1H3/b5-3-. The molecule has 0 fully saturated rings. The topological polar surface area (TPSA) is 26.3 Å². The molecular weight excluding hydrogens is 176 g/mol. The lowest BCUT2D eigenvalue weighted by Gasteiger charge is -2.09. The normalized spacial score (nSPS) is 21.9. The number of hydrogen-bond acceptors (Lipinski definition) is 2. The van der Waals surface area contributed by atoms with E-state index in [9.17, 15) is 4.79 Å². The summed E-state index contributed by atoms with van der Waals surface area (Å²) in [5.41, 5.74) is 0. The van der Waals surface area contributed by atoms with Crippen LogP contribution in [0.5, 0.6) is 0 Å². The predicted molar refractivity (Wildman–Crippen MR) is 54.1 cm³/mol. The highest BCUT2D eigenvalue weighted by molar-refractivity contribution is 5.66. The van der Waals surface area contributed by atoms with Gasteiger partial charge in [-0.05, 0) is 25.0 Å². The van der Waals surface area contributed by atoms with Gasteiger partial charge >= 0.3 is 5.97 Å². The lowest BCUT2D eigenvalue weighted by atomic mass is 10.1. The van der Waals surface area contributed by atoms with Crippen molar-refractivity contribution in [1.82, 2.24) is 0 Å². The molecule has 1 unspecified atom stereocenters. The summed E-state index contributed by atoms with van der Waals surface area (Å²) in [6.45, 7) is 1.40. The predicted octanol–water partition coefficient (Wildman–Crippen LogP) is 1.67. The van der Waals surface area contributed by atoms with Gasteiger partial charge in [0.25, 0.3) is 0 Å². The van der Waals surface area contributed by atoms with Crippen LogP contribution in [0.2, 0.25) is 0 Å². The van der Waals surface area contributed by atoms with Crippen molar-refractivity contribution in [2.45, 2.75) is 32.3 Å². The lowest BCUT2D eigenvalue weighted by Crippen LogP contribution is -2.14. The number of carbonyl (C=O) groups excluding carboxylic acids is 1. The molecule has 0 aromatic rings. The van der Waals surface area contributed by atoms with Gasteiger partial charge in [0, 0.05) is 13.3 Å². The van der Waals surface area contributed by atoms with Crippen LogP contribution in [-0.4, -0.2) is 12.1 Å². The summed E-state index contributed by atoms with van der Waals surface area (Å²) in [5.74, 6) is 11.2. The van der Waals surface area contributed by atoms with Crippen LogP contribution in [0.4, 0.5) is 0 Å². The third-order valence-electron chi connectivity index (χ3n) is 1.67. The second-order valence-corrected chi connectivity index (χ2v) is 2.93. The number of esters is 1. The molecular formula is C12H12O2. The zero-order chi connectivity index (χ0) is 10.2.